The summed E-state index contributed by atoms with van der Waals surface area (Å²) in [4.78, 5) is 59.5. The first kappa shape index (κ1) is 35.4. The Labute approximate surface area is 267 Å². The van der Waals surface area contributed by atoms with Gasteiger partial charge in [0.25, 0.3) is 0 Å². The highest BCUT2D eigenvalue weighted by Gasteiger charge is 2.60. The molecule has 0 aromatic heterocycles. The molecule has 10 heteroatoms. The van der Waals surface area contributed by atoms with Crippen LogP contribution in [0.15, 0.2) is 0 Å². The Morgan fingerprint density at radius 2 is 1.36 bits per heavy atom. The smallest absolute Gasteiger partial charge is 0.308 e. The summed E-state index contributed by atoms with van der Waals surface area (Å²) in [5.41, 5.74) is 0.478. The van der Waals surface area contributed by atoms with Crippen molar-refractivity contribution in [2.45, 2.75) is 124 Å². The van der Waals surface area contributed by atoms with Crippen LogP contribution in [0.4, 0.5) is 0 Å². The molecule has 0 aliphatic heterocycles. The Hall–Kier alpha value is -2.49. The zero-order valence-corrected chi connectivity index (χ0v) is 28.1. The molecular formula is C35H54O10. The maximum atomic E-state index is 12.5. The fourth-order valence-corrected chi connectivity index (χ4v) is 9.70. The molecule has 254 valence electrons. The summed E-state index contributed by atoms with van der Waals surface area (Å²) in [6, 6.07) is 0. The molecule has 0 aromatic carbocycles. The molecule has 0 saturated heterocycles. The number of hydrogen-bond acceptors (Lipinski definition) is 10. The van der Waals surface area contributed by atoms with Crippen LogP contribution in [0.25, 0.3) is 0 Å². The number of ketones is 1. The Balaban J connectivity index is 1.18. The van der Waals surface area contributed by atoms with E-state index in [2.05, 4.69) is 13.8 Å². The van der Waals surface area contributed by atoms with Crippen molar-refractivity contribution in [3.63, 3.8) is 0 Å². The van der Waals surface area contributed by atoms with Gasteiger partial charge in [0.2, 0.25) is 0 Å². The lowest BCUT2D eigenvalue weighted by Gasteiger charge is -2.61. The van der Waals surface area contributed by atoms with Crippen LogP contribution in [0.1, 0.15) is 112 Å². The van der Waals surface area contributed by atoms with Crippen LogP contribution in [0.5, 0.6) is 0 Å². The van der Waals surface area contributed by atoms with Crippen molar-refractivity contribution in [1.82, 2.24) is 0 Å². The molecule has 0 spiro atoms. The lowest BCUT2D eigenvalue weighted by Crippen LogP contribution is -2.54. The highest BCUT2D eigenvalue weighted by molar-refractivity contribution is 5.79. The van der Waals surface area contributed by atoms with Crippen LogP contribution in [0.3, 0.4) is 0 Å². The van der Waals surface area contributed by atoms with E-state index in [4.69, 9.17) is 23.7 Å². The predicted molar refractivity (Wildman–Crippen MR) is 163 cm³/mol. The Kier molecular flexibility index (Phi) is 11.7. The standard InChI is InChI=1S/C35H54O10/c1-21(16-33(40)45-27(18-41-23(3)37)19-42-24(4)38)15-32(39)44-20-43-26-11-13-34(5)25(17-26)7-8-28-30-10-9-29(22(2)36)35(30,6)14-12-31(28)34/h21,25-31H,7-20H2,1-6H3/t21?,25-,26+,28-,29?,30-,31-,34-,35+/m0/s1. The molecule has 4 aliphatic rings. The summed E-state index contributed by atoms with van der Waals surface area (Å²) >= 11 is 0. The number of rotatable bonds is 13. The number of esters is 4. The second kappa shape index (κ2) is 14.9. The van der Waals surface area contributed by atoms with Crippen molar-refractivity contribution in [2.24, 2.45) is 46.3 Å². The van der Waals surface area contributed by atoms with E-state index >= 15 is 0 Å². The maximum absolute atomic E-state index is 12.5. The highest BCUT2D eigenvalue weighted by Crippen LogP contribution is 2.67. The number of carbonyl (C=O) groups excluding carboxylic acids is 5. The molecule has 0 N–H and O–H groups in total. The zero-order valence-electron chi connectivity index (χ0n) is 28.1. The number of ether oxygens (including phenoxy) is 5. The molecule has 0 bridgehead atoms. The van der Waals surface area contributed by atoms with Gasteiger partial charge >= 0.3 is 23.9 Å². The van der Waals surface area contributed by atoms with Gasteiger partial charge < -0.3 is 23.7 Å². The SMILES string of the molecule is CC(=O)OCC(COC(C)=O)OC(=O)CC(C)CC(=O)OCO[C@@H]1CC[C@@]2(C)[C@@H](CC[C@@H]3[C@@H]2CC[C@]2(C)C(C(C)=O)CC[C@@H]32)C1. The van der Waals surface area contributed by atoms with Gasteiger partial charge in [-0.2, -0.15) is 0 Å². The lowest BCUT2D eigenvalue weighted by molar-refractivity contribution is -0.175. The molecule has 0 heterocycles. The van der Waals surface area contributed by atoms with Gasteiger partial charge in [-0.15, -0.1) is 0 Å². The van der Waals surface area contributed by atoms with E-state index in [9.17, 15) is 24.0 Å². The number of Topliss-reactive ketones (excluding diaryl/α,β-unsaturated/α-hetero) is 1. The van der Waals surface area contributed by atoms with Crippen molar-refractivity contribution < 1.29 is 47.7 Å². The second-order valence-electron chi connectivity index (χ2n) is 14.9. The van der Waals surface area contributed by atoms with Crippen molar-refractivity contribution in [3.05, 3.63) is 0 Å². The predicted octanol–water partition coefficient (Wildman–Crippen LogP) is 5.57. The molecule has 9 atom stereocenters. The van der Waals surface area contributed by atoms with Crippen molar-refractivity contribution in [1.29, 1.82) is 0 Å². The fraction of sp³-hybridized carbons (Fsp3) is 0.857. The topological polar surface area (TPSA) is 132 Å². The molecule has 4 fully saturated rings. The molecule has 4 rings (SSSR count). The minimum atomic E-state index is -0.926. The third-order valence-electron chi connectivity index (χ3n) is 11.9. The third-order valence-corrected chi connectivity index (χ3v) is 11.9. The summed E-state index contributed by atoms with van der Waals surface area (Å²) in [6.07, 6.45) is 9.27. The molecule has 4 saturated carbocycles. The highest BCUT2D eigenvalue weighted by atomic mass is 16.7. The first-order valence-electron chi connectivity index (χ1n) is 17.0. The molecule has 0 amide bonds. The average Bonchev–Trinajstić information content (AvgIpc) is 3.32. The van der Waals surface area contributed by atoms with Crippen molar-refractivity contribution in [2.75, 3.05) is 20.0 Å². The summed E-state index contributed by atoms with van der Waals surface area (Å²) in [6.45, 7) is 10.3. The van der Waals surface area contributed by atoms with Crippen LogP contribution in [0, 0.1) is 46.3 Å². The van der Waals surface area contributed by atoms with Crippen LogP contribution in [-0.2, 0) is 47.7 Å². The Morgan fingerprint density at radius 3 is 2.00 bits per heavy atom. The molecular weight excluding hydrogens is 580 g/mol. The van der Waals surface area contributed by atoms with Crippen molar-refractivity contribution >= 4 is 29.7 Å². The molecule has 45 heavy (non-hydrogen) atoms. The molecule has 2 unspecified atom stereocenters. The summed E-state index contributed by atoms with van der Waals surface area (Å²) in [7, 11) is 0. The van der Waals surface area contributed by atoms with Gasteiger partial charge in [0.1, 0.15) is 19.0 Å². The van der Waals surface area contributed by atoms with E-state index in [1.807, 2.05) is 0 Å². The van der Waals surface area contributed by atoms with Gasteiger partial charge in [0, 0.05) is 32.6 Å². The Bertz CT molecular complexity index is 1090. The third kappa shape index (κ3) is 8.46. The van der Waals surface area contributed by atoms with Crippen LogP contribution in [-0.4, -0.2) is 61.9 Å². The fourth-order valence-electron chi connectivity index (χ4n) is 9.70. The summed E-state index contributed by atoms with van der Waals surface area (Å²) in [5, 5.41) is 0. The van der Waals surface area contributed by atoms with E-state index in [0.29, 0.717) is 29.0 Å². The molecule has 0 radical (unpaired) electrons. The van der Waals surface area contributed by atoms with Gasteiger partial charge in [-0.3, -0.25) is 24.0 Å². The van der Waals surface area contributed by atoms with Crippen LogP contribution < -0.4 is 0 Å². The van der Waals surface area contributed by atoms with E-state index in [-0.39, 0.29) is 56.2 Å². The van der Waals surface area contributed by atoms with Crippen LogP contribution in [0.2, 0.25) is 0 Å². The zero-order chi connectivity index (χ0) is 32.9. The van der Waals surface area contributed by atoms with E-state index in [1.165, 1.54) is 46.0 Å². The molecule has 10 nitrogen and oxygen atoms in total. The van der Waals surface area contributed by atoms with Gasteiger partial charge in [0.05, 0.1) is 6.10 Å². The first-order chi connectivity index (χ1) is 21.2. The minimum Gasteiger partial charge on any atom is -0.462 e. The van der Waals surface area contributed by atoms with E-state index < -0.39 is 30.0 Å². The first-order valence-corrected chi connectivity index (χ1v) is 17.0. The largest absolute Gasteiger partial charge is 0.462 e. The molecule has 4 aliphatic carbocycles. The average molecular weight is 635 g/mol. The van der Waals surface area contributed by atoms with Gasteiger partial charge in [0.15, 0.2) is 12.9 Å². The van der Waals surface area contributed by atoms with Gasteiger partial charge in [-0.05, 0) is 105 Å². The lowest BCUT2D eigenvalue weighted by atomic mass is 9.44. The number of carbonyl (C=O) groups is 5. The summed E-state index contributed by atoms with van der Waals surface area (Å²) in [5.74, 6) is 0.851. The summed E-state index contributed by atoms with van der Waals surface area (Å²) < 4.78 is 26.5. The number of fused-ring (bicyclic) bond motifs is 5. The van der Waals surface area contributed by atoms with Gasteiger partial charge in [-0.1, -0.05) is 20.8 Å². The second-order valence-corrected chi connectivity index (χ2v) is 14.9. The van der Waals surface area contributed by atoms with Crippen LogP contribution >= 0.6 is 0 Å². The maximum Gasteiger partial charge on any atom is 0.308 e. The minimum absolute atomic E-state index is 0.0238. The van der Waals surface area contributed by atoms with Gasteiger partial charge in [-0.25, -0.2) is 0 Å². The monoisotopic (exact) mass is 634 g/mol. The molecule has 0 aromatic rings. The normalized spacial score (nSPS) is 34.5. The Morgan fingerprint density at radius 1 is 0.733 bits per heavy atom. The van der Waals surface area contributed by atoms with E-state index in [1.54, 1.807) is 13.8 Å². The number of hydrogen-bond donors (Lipinski definition) is 0. The van der Waals surface area contributed by atoms with Crippen molar-refractivity contribution in [3.8, 4) is 0 Å². The quantitative estimate of drug-likeness (QED) is 0.144. The van der Waals surface area contributed by atoms with E-state index in [0.717, 1.165) is 31.6 Å².